The van der Waals surface area contributed by atoms with Crippen molar-refractivity contribution >= 4 is 11.7 Å². The molecule has 2 N–H and O–H groups in total. The Balaban J connectivity index is 1.62. The summed E-state index contributed by atoms with van der Waals surface area (Å²) in [4.78, 5) is 28.9. The van der Waals surface area contributed by atoms with Crippen molar-refractivity contribution in [2.24, 2.45) is 0 Å². The Morgan fingerprint density at radius 3 is 2.22 bits per heavy atom. The van der Waals surface area contributed by atoms with Gasteiger partial charge in [-0.2, -0.15) is 0 Å². The second-order valence-electron chi connectivity index (χ2n) is 8.11. The number of hydrogen-bond acceptors (Lipinski definition) is 4. The summed E-state index contributed by atoms with van der Waals surface area (Å²) in [6.45, 7) is 1.85. The molecule has 6 heteroatoms. The van der Waals surface area contributed by atoms with Crippen LogP contribution in [0.2, 0.25) is 0 Å². The quantitative estimate of drug-likeness (QED) is 0.573. The van der Waals surface area contributed by atoms with Crippen molar-refractivity contribution in [1.29, 1.82) is 0 Å². The van der Waals surface area contributed by atoms with E-state index in [1.54, 1.807) is 14.2 Å². The number of ether oxygens (including phenoxy) is 2. The number of nitrogens with one attached hydrogen (secondary N) is 2. The molecule has 0 bridgehead atoms. The van der Waals surface area contributed by atoms with Crippen LogP contribution in [0.4, 0.5) is 0 Å². The number of Topliss-reactive ketones (excluding diaryl/α,β-unsaturated/α-hetero) is 1. The van der Waals surface area contributed by atoms with Crippen molar-refractivity contribution in [1.82, 2.24) is 10.3 Å². The van der Waals surface area contributed by atoms with Crippen LogP contribution < -0.4 is 14.8 Å². The zero-order chi connectivity index (χ0) is 22.7. The number of aromatic nitrogens is 1. The van der Waals surface area contributed by atoms with Gasteiger partial charge in [0.15, 0.2) is 5.78 Å². The highest BCUT2D eigenvalue weighted by molar-refractivity contribution is 6.04. The largest absolute Gasteiger partial charge is 0.497 e. The lowest BCUT2D eigenvalue weighted by atomic mass is 9.93. The van der Waals surface area contributed by atoms with Crippen LogP contribution in [0.1, 0.15) is 62.1 Å². The molecule has 1 heterocycles. The first-order chi connectivity index (χ1) is 15.5. The summed E-state index contributed by atoms with van der Waals surface area (Å²) in [6, 6.07) is 15.3. The van der Waals surface area contributed by atoms with Gasteiger partial charge in [-0.15, -0.1) is 0 Å². The van der Waals surface area contributed by atoms with Crippen LogP contribution in [0.5, 0.6) is 11.5 Å². The van der Waals surface area contributed by atoms with Gasteiger partial charge in [-0.3, -0.25) is 9.59 Å². The molecule has 1 aliphatic rings. The molecule has 166 valence electrons. The average Bonchev–Trinajstić information content (AvgIpc) is 3.17. The number of aryl methyl sites for hydroxylation is 1. The molecule has 32 heavy (non-hydrogen) atoms. The van der Waals surface area contributed by atoms with Crippen molar-refractivity contribution in [2.45, 2.75) is 38.6 Å². The van der Waals surface area contributed by atoms with E-state index in [9.17, 15) is 9.59 Å². The van der Waals surface area contributed by atoms with Crippen molar-refractivity contribution in [2.75, 3.05) is 14.2 Å². The van der Waals surface area contributed by atoms with E-state index >= 15 is 0 Å². The highest BCUT2D eigenvalue weighted by Crippen LogP contribution is 2.28. The van der Waals surface area contributed by atoms with Gasteiger partial charge < -0.3 is 19.8 Å². The Kier molecular flexibility index (Phi) is 6.30. The second-order valence-corrected chi connectivity index (χ2v) is 8.11. The summed E-state index contributed by atoms with van der Waals surface area (Å²) in [5, 5.41) is 3.18. The summed E-state index contributed by atoms with van der Waals surface area (Å²) in [7, 11) is 3.27. The first-order valence-electron chi connectivity index (χ1n) is 10.8. The number of H-pyrrole nitrogens is 1. The number of aromatic amines is 1. The summed E-state index contributed by atoms with van der Waals surface area (Å²) in [6.07, 6.45) is 2.76. The van der Waals surface area contributed by atoms with Gasteiger partial charge in [0, 0.05) is 17.7 Å². The predicted molar refractivity (Wildman–Crippen MR) is 123 cm³/mol. The first kappa shape index (κ1) is 21.7. The minimum Gasteiger partial charge on any atom is -0.497 e. The third-order valence-electron chi connectivity index (χ3n) is 6.09. The Morgan fingerprint density at radius 2 is 1.62 bits per heavy atom. The third kappa shape index (κ3) is 4.40. The van der Waals surface area contributed by atoms with Gasteiger partial charge in [0.2, 0.25) is 0 Å². The molecular weight excluding hydrogens is 404 g/mol. The molecular formula is C26H28N2O4. The third-order valence-corrected chi connectivity index (χ3v) is 6.09. The molecule has 6 nitrogen and oxygen atoms in total. The molecule has 0 saturated carbocycles. The van der Waals surface area contributed by atoms with E-state index in [0.29, 0.717) is 24.1 Å². The number of hydrogen-bond donors (Lipinski definition) is 2. The number of carbonyl (C=O) groups excluding carboxylic acids is 2. The molecule has 0 unspecified atom stereocenters. The van der Waals surface area contributed by atoms with E-state index < -0.39 is 0 Å². The maximum atomic E-state index is 13.3. The normalized spacial score (nSPS) is 13.9. The SMILES string of the molecule is COc1ccc(C[C@@H](NC(=O)c2[nH]c3c(c2C)C(=O)CCC3)c2ccc(OC)cc2)cc1. The summed E-state index contributed by atoms with van der Waals surface area (Å²) in [5.74, 6) is 1.45. The highest BCUT2D eigenvalue weighted by atomic mass is 16.5. The summed E-state index contributed by atoms with van der Waals surface area (Å²) in [5.41, 5.74) is 4.82. The molecule has 0 radical (unpaired) electrons. The number of carbonyl (C=O) groups is 2. The van der Waals surface area contributed by atoms with Gasteiger partial charge in [0.1, 0.15) is 17.2 Å². The van der Waals surface area contributed by atoms with Crippen molar-refractivity contribution < 1.29 is 19.1 Å². The number of fused-ring (bicyclic) bond motifs is 1. The smallest absolute Gasteiger partial charge is 0.268 e. The number of amides is 1. The van der Waals surface area contributed by atoms with Crippen molar-refractivity contribution in [3.05, 3.63) is 82.2 Å². The molecule has 1 atom stereocenters. The van der Waals surface area contributed by atoms with Gasteiger partial charge in [-0.1, -0.05) is 24.3 Å². The van der Waals surface area contributed by atoms with Gasteiger partial charge in [-0.05, 0) is 67.1 Å². The molecule has 1 aromatic heterocycles. The van der Waals surface area contributed by atoms with E-state index in [2.05, 4.69) is 10.3 Å². The van der Waals surface area contributed by atoms with Crippen LogP contribution in [0.3, 0.4) is 0 Å². The fourth-order valence-corrected chi connectivity index (χ4v) is 4.32. The maximum Gasteiger partial charge on any atom is 0.268 e. The maximum absolute atomic E-state index is 13.3. The van der Waals surface area contributed by atoms with Crippen molar-refractivity contribution in [3.8, 4) is 11.5 Å². The van der Waals surface area contributed by atoms with Crippen LogP contribution in [-0.2, 0) is 12.8 Å². The molecule has 0 fully saturated rings. The number of benzene rings is 2. The van der Waals surface area contributed by atoms with Crippen molar-refractivity contribution in [3.63, 3.8) is 0 Å². The Hall–Kier alpha value is -3.54. The molecule has 3 aromatic rings. The van der Waals surface area contributed by atoms with Crippen LogP contribution in [0, 0.1) is 6.92 Å². The van der Waals surface area contributed by atoms with E-state index in [1.165, 1.54) is 0 Å². The van der Waals surface area contributed by atoms with Crippen LogP contribution in [0.25, 0.3) is 0 Å². The minimum absolute atomic E-state index is 0.115. The standard InChI is InChI=1S/C26H28N2O4/c1-16-24-21(5-4-6-23(24)29)27-25(16)26(30)28-22(18-9-13-20(32-3)14-10-18)15-17-7-11-19(31-2)12-8-17/h7-14,22,27H,4-6,15H2,1-3H3,(H,28,30)/t22-/m1/s1. The molecule has 1 amide bonds. The fourth-order valence-electron chi connectivity index (χ4n) is 4.32. The molecule has 0 saturated heterocycles. The van der Waals surface area contributed by atoms with Gasteiger partial charge in [-0.25, -0.2) is 0 Å². The van der Waals surface area contributed by atoms with E-state index in [1.807, 2.05) is 55.5 Å². The Bertz CT molecular complexity index is 1110. The lowest BCUT2D eigenvalue weighted by Gasteiger charge is -2.20. The molecule has 2 aromatic carbocycles. The van der Waals surface area contributed by atoms with E-state index in [4.69, 9.17) is 9.47 Å². The minimum atomic E-state index is -0.253. The number of rotatable bonds is 7. The number of ketones is 1. The van der Waals surface area contributed by atoms with E-state index in [-0.39, 0.29) is 17.7 Å². The topological polar surface area (TPSA) is 80.4 Å². The molecule has 0 spiro atoms. The fraction of sp³-hybridized carbons (Fsp3) is 0.308. The zero-order valence-electron chi connectivity index (χ0n) is 18.7. The van der Waals surface area contributed by atoms with E-state index in [0.717, 1.165) is 46.7 Å². The lowest BCUT2D eigenvalue weighted by molar-refractivity contribution is 0.0930. The average molecular weight is 433 g/mol. The predicted octanol–water partition coefficient (Wildman–Crippen LogP) is 4.57. The monoisotopic (exact) mass is 432 g/mol. The van der Waals surface area contributed by atoms with Crippen LogP contribution in [-0.4, -0.2) is 30.9 Å². The second kappa shape index (κ2) is 9.30. The lowest BCUT2D eigenvalue weighted by Crippen LogP contribution is -2.30. The zero-order valence-corrected chi connectivity index (χ0v) is 18.7. The number of methoxy groups -OCH3 is 2. The van der Waals surface area contributed by atoms with Crippen LogP contribution in [0.15, 0.2) is 48.5 Å². The molecule has 4 rings (SSSR count). The van der Waals surface area contributed by atoms with Gasteiger partial charge >= 0.3 is 0 Å². The Labute approximate surface area is 187 Å². The molecule has 1 aliphatic carbocycles. The Morgan fingerprint density at radius 1 is 1.00 bits per heavy atom. The first-order valence-corrected chi connectivity index (χ1v) is 10.8. The van der Waals surface area contributed by atoms with Crippen LogP contribution >= 0.6 is 0 Å². The van der Waals surface area contributed by atoms with Gasteiger partial charge in [0.05, 0.1) is 20.3 Å². The summed E-state index contributed by atoms with van der Waals surface area (Å²) >= 11 is 0. The molecule has 0 aliphatic heterocycles. The highest BCUT2D eigenvalue weighted by Gasteiger charge is 2.27. The summed E-state index contributed by atoms with van der Waals surface area (Å²) < 4.78 is 10.5. The van der Waals surface area contributed by atoms with Gasteiger partial charge in [0.25, 0.3) is 5.91 Å².